The number of hydrogen-bond donors (Lipinski definition) is 1. The van der Waals surface area contributed by atoms with Gasteiger partial charge in [-0.2, -0.15) is 0 Å². The summed E-state index contributed by atoms with van der Waals surface area (Å²) in [5, 5.41) is 9.01. The lowest BCUT2D eigenvalue weighted by Gasteiger charge is -2.38. The molecule has 0 bridgehead atoms. The van der Waals surface area contributed by atoms with Crippen LogP contribution in [0.15, 0.2) is 48.6 Å². The number of nitrogens with zero attached hydrogens (tertiary/aromatic N) is 1. The van der Waals surface area contributed by atoms with Crippen LogP contribution in [0.3, 0.4) is 0 Å². The molecule has 0 saturated carbocycles. The van der Waals surface area contributed by atoms with Crippen molar-refractivity contribution in [2.75, 3.05) is 41.0 Å². The molecule has 1 aliphatic rings. The molecule has 0 aliphatic carbocycles. The van der Waals surface area contributed by atoms with Crippen molar-refractivity contribution in [2.24, 2.45) is 0 Å². The van der Waals surface area contributed by atoms with Crippen LogP contribution in [0.5, 0.6) is 17.2 Å². The molecule has 34 heavy (non-hydrogen) atoms. The molecule has 0 radical (unpaired) electrons. The van der Waals surface area contributed by atoms with Gasteiger partial charge in [0.25, 0.3) is 0 Å². The molecular formula is C26H32ClNO6. The average Bonchev–Trinajstić information content (AvgIpc) is 2.85. The molecule has 184 valence electrons. The zero-order valence-corrected chi connectivity index (χ0v) is 20.6. The number of carbonyl (C=O) groups excluding carboxylic acids is 1. The van der Waals surface area contributed by atoms with Crippen molar-refractivity contribution in [3.05, 3.63) is 65.2 Å². The Labute approximate surface area is 205 Å². The summed E-state index contributed by atoms with van der Waals surface area (Å²) >= 11 is 5.40. The second-order valence-corrected chi connectivity index (χ2v) is 8.46. The van der Waals surface area contributed by atoms with Crippen LogP contribution < -0.4 is 14.2 Å². The zero-order chi connectivity index (χ0) is 24.5. The summed E-state index contributed by atoms with van der Waals surface area (Å²) in [5.74, 6) is 1.76. The van der Waals surface area contributed by atoms with Gasteiger partial charge in [0.15, 0.2) is 11.5 Å². The molecule has 1 aliphatic heterocycles. The van der Waals surface area contributed by atoms with Crippen molar-refractivity contribution in [2.45, 2.75) is 30.9 Å². The molecule has 2 unspecified atom stereocenters. The largest absolute Gasteiger partial charge is 0.497 e. The Morgan fingerprint density at radius 3 is 2.50 bits per heavy atom. The molecule has 2 aromatic carbocycles. The topological polar surface area (TPSA) is 77.5 Å². The van der Waals surface area contributed by atoms with Crippen molar-refractivity contribution in [1.29, 1.82) is 0 Å². The van der Waals surface area contributed by atoms with E-state index in [1.165, 1.54) is 22.8 Å². The van der Waals surface area contributed by atoms with Gasteiger partial charge in [-0.25, -0.2) is 4.79 Å². The van der Waals surface area contributed by atoms with Gasteiger partial charge in [-0.05, 0) is 66.3 Å². The molecule has 0 amide bonds. The number of ether oxygens (including phenoxy) is 4. The highest BCUT2D eigenvalue weighted by Gasteiger charge is 2.29. The first-order chi connectivity index (χ1) is 16.4. The molecule has 0 aromatic heterocycles. The van der Waals surface area contributed by atoms with Gasteiger partial charge in [0.2, 0.25) is 0 Å². The Morgan fingerprint density at radius 1 is 1.15 bits per heavy atom. The van der Waals surface area contributed by atoms with Crippen LogP contribution in [0.1, 0.15) is 29.2 Å². The van der Waals surface area contributed by atoms with Gasteiger partial charge in [-0.1, -0.05) is 23.7 Å². The van der Waals surface area contributed by atoms with Gasteiger partial charge in [0, 0.05) is 25.2 Å². The van der Waals surface area contributed by atoms with Gasteiger partial charge in [-0.15, -0.1) is 0 Å². The zero-order valence-electron chi connectivity index (χ0n) is 19.8. The van der Waals surface area contributed by atoms with Crippen LogP contribution >= 0.6 is 11.6 Å². The normalized spacial score (nSPS) is 16.7. The minimum Gasteiger partial charge on any atom is -0.497 e. The van der Waals surface area contributed by atoms with E-state index in [1.807, 2.05) is 12.1 Å². The fraction of sp³-hybridized carbons (Fsp3) is 0.423. The minimum absolute atomic E-state index is 0.138. The Balaban J connectivity index is 1.76. The van der Waals surface area contributed by atoms with Crippen LogP contribution in [0.4, 0.5) is 0 Å². The summed E-state index contributed by atoms with van der Waals surface area (Å²) in [7, 11) is 4.96. The maximum atomic E-state index is 11.7. The van der Waals surface area contributed by atoms with Crippen LogP contribution in [-0.2, 0) is 22.4 Å². The van der Waals surface area contributed by atoms with E-state index in [9.17, 15) is 4.79 Å². The Hall–Kier alpha value is -2.74. The lowest BCUT2D eigenvalue weighted by atomic mass is 9.88. The Bertz CT molecular complexity index is 976. The van der Waals surface area contributed by atoms with E-state index in [2.05, 4.69) is 29.2 Å². The second kappa shape index (κ2) is 12.6. The molecule has 0 saturated heterocycles. The van der Waals surface area contributed by atoms with Crippen LogP contribution in [-0.4, -0.2) is 62.6 Å². The molecule has 2 aromatic rings. The van der Waals surface area contributed by atoms with Gasteiger partial charge in [-0.3, -0.25) is 4.90 Å². The van der Waals surface area contributed by atoms with E-state index in [1.54, 1.807) is 21.3 Å². The number of esters is 1. The monoisotopic (exact) mass is 489 g/mol. The van der Waals surface area contributed by atoms with Gasteiger partial charge >= 0.3 is 5.97 Å². The number of rotatable bonds is 11. The summed E-state index contributed by atoms with van der Waals surface area (Å²) < 4.78 is 21.6. The third-order valence-corrected chi connectivity index (χ3v) is 6.07. The SMILES string of the molecule is COc1ccc(CC2c3cc(OC)c(OC)cc3CCN2CCCOC(=O)/C=C/C(O)Cl)cc1. The highest BCUT2D eigenvalue weighted by Crippen LogP contribution is 2.39. The fourth-order valence-corrected chi connectivity index (χ4v) is 4.29. The Kier molecular flexibility index (Phi) is 9.62. The molecule has 3 rings (SSSR count). The molecule has 1 heterocycles. The quantitative estimate of drug-likeness (QED) is 0.222. The molecular weight excluding hydrogens is 458 g/mol. The smallest absolute Gasteiger partial charge is 0.330 e. The van der Waals surface area contributed by atoms with E-state index in [0.717, 1.165) is 43.5 Å². The second-order valence-electron chi connectivity index (χ2n) is 8.01. The third-order valence-electron chi connectivity index (χ3n) is 5.93. The molecule has 0 fully saturated rings. The number of methoxy groups -OCH3 is 3. The van der Waals surface area contributed by atoms with E-state index < -0.39 is 11.5 Å². The minimum atomic E-state index is -1.20. The predicted octanol–water partition coefficient (Wildman–Crippen LogP) is 3.90. The van der Waals surface area contributed by atoms with Crippen LogP contribution in [0.25, 0.3) is 0 Å². The van der Waals surface area contributed by atoms with Crippen molar-refractivity contribution < 1.29 is 28.8 Å². The molecule has 1 N–H and O–H groups in total. The van der Waals surface area contributed by atoms with Gasteiger partial charge < -0.3 is 24.1 Å². The van der Waals surface area contributed by atoms with E-state index in [-0.39, 0.29) is 12.6 Å². The molecule has 2 atom stereocenters. The van der Waals surface area contributed by atoms with Crippen molar-refractivity contribution in [3.63, 3.8) is 0 Å². The van der Waals surface area contributed by atoms with E-state index in [4.69, 9.17) is 35.7 Å². The van der Waals surface area contributed by atoms with Crippen LogP contribution in [0, 0.1) is 0 Å². The third kappa shape index (κ3) is 6.88. The number of hydrogen-bond acceptors (Lipinski definition) is 7. The molecule has 7 nitrogen and oxygen atoms in total. The van der Waals surface area contributed by atoms with Crippen molar-refractivity contribution in [1.82, 2.24) is 4.90 Å². The summed E-state index contributed by atoms with van der Waals surface area (Å²) in [6.07, 6.45) is 4.72. The summed E-state index contributed by atoms with van der Waals surface area (Å²) in [4.78, 5) is 14.1. The lowest BCUT2D eigenvalue weighted by molar-refractivity contribution is -0.138. The van der Waals surface area contributed by atoms with Crippen LogP contribution in [0.2, 0.25) is 0 Å². The van der Waals surface area contributed by atoms with Gasteiger partial charge in [0.1, 0.15) is 11.3 Å². The fourth-order valence-electron chi connectivity index (χ4n) is 4.22. The number of aliphatic hydroxyl groups is 1. The van der Waals surface area contributed by atoms with Gasteiger partial charge in [0.05, 0.1) is 27.9 Å². The number of halogens is 1. The molecule has 0 spiro atoms. The first-order valence-corrected chi connectivity index (χ1v) is 11.7. The number of benzene rings is 2. The maximum absolute atomic E-state index is 11.7. The highest BCUT2D eigenvalue weighted by atomic mass is 35.5. The van der Waals surface area contributed by atoms with E-state index in [0.29, 0.717) is 12.2 Å². The highest BCUT2D eigenvalue weighted by molar-refractivity contribution is 6.20. The lowest BCUT2D eigenvalue weighted by Crippen LogP contribution is -2.37. The maximum Gasteiger partial charge on any atom is 0.330 e. The van der Waals surface area contributed by atoms with Crippen molar-refractivity contribution in [3.8, 4) is 17.2 Å². The van der Waals surface area contributed by atoms with E-state index >= 15 is 0 Å². The average molecular weight is 490 g/mol. The number of fused-ring (bicyclic) bond motifs is 1. The first kappa shape index (κ1) is 25.9. The summed E-state index contributed by atoms with van der Waals surface area (Å²) in [6, 6.07) is 12.4. The predicted molar refractivity (Wildman–Crippen MR) is 131 cm³/mol. The standard InChI is InChI=1S/C26H32ClNO6/c1-31-20-7-5-18(6-8-20)15-22-21-17-24(33-3)23(32-2)16-19(21)11-13-28(22)12-4-14-34-26(30)10-9-25(27)29/h5-10,16-17,22,25,29H,4,11-15H2,1-3H3/b10-9+. The number of carbonyl (C=O) groups is 1. The summed E-state index contributed by atoms with van der Waals surface area (Å²) in [5.41, 5.74) is 2.48. The molecule has 8 heteroatoms. The first-order valence-electron chi connectivity index (χ1n) is 11.2. The Morgan fingerprint density at radius 2 is 1.85 bits per heavy atom. The summed E-state index contributed by atoms with van der Waals surface area (Å²) in [6.45, 7) is 1.94. The van der Waals surface area contributed by atoms with Crippen molar-refractivity contribution >= 4 is 17.6 Å². The number of alkyl halides is 1. The number of aliphatic hydroxyl groups excluding tert-OH is 1.